The molecule has 5 heteroatoms. The number of anilines is 3. The number of rotatable bonds is 4. The molecule has 3 rings (SSSR count). The Hall–Kier alpha value is -2.69. The summed E-state index contributed by atoms with van der Waals surface area (Å²) >= 11 is 0. The molecule has 0 bridgehead atoms. The molecule has 0 saturated carbocycles. The summed E-state index contributed by atoms with van der Waals surface area (Å²) in [6.07, 6.45) is 0. The van der Waals surface area contributed by atoms with Gasteiger partial charge in [0.15, 0.2) is 0 Å². The number of amides is 1. The van der Waals surface area contributed by atoms with Crippen molar-refractivity contribution in [3.63, 3.8) is 0 Å². The molecule has 23 heavy (non-hydrogen) atoms. The molecule has 1 N–H and O–H groups in total. The molecule has 1 aliphatic heterocycles. The van der Waals surface area contributed by atoms with Gasteiger partial charge in [0.25, 0.3) is 0 Å². The van der Waals surface area contributed by atoms with Gasteiger partial charge in [-0.3, -0.25) is 4.79 Å². The molecule has 1 aliphatic rings. The molecule has 0 unspecified atom stereocenters. The number of nitrogens with one attached hydrogen (secondary N) is 1. The van der Waals surface area contributed by atoms with Gasteiger partial charge >= 0.3 is 0 Å². The standard InChI is InChI=1S/C18H21N3O2/c1-20(2)15-9-7-14(8-10-15)19-18(22)13-21-11-12-23-17-6-4-3-5-16(17)21/h3-10H,11-13H2,1-2H3,(H,19,22). The number of carbonyl (C=O) groups excluding carboxylic acids is 1. The van der Waals surface area contributed by atoms with Gasteiger partial charge < -0.3 is 19.9 Å². The van der Waals surface area contributed by atoms with Crippen molar-refractivity contribution < 1.29 is 9.53 Å². The second-order valence-corrected chi connectivity index (χ2v) is 5.73. The van der Waals surface area contributed by atoms with E-state index in [9.17, 15) is 4.79 Å². The number of hydrogen-bond acceptors (Lipinski definition) is 4. The zero-order chi connectivity index (χ0) is 16.2. The normalized spacial score (nSPS) is 13.0. The summed E-state index contributed by atoms with van der Waals surface area (Å²) < 4.78 is 5.61. The van der Waals surface area contributed by atoms with E-state index >= 15 is 0 Å². The minimum absolute atomic E-state index is 0.0284. The first-order valence-corrected chi connectivity index (χ1v) is 7.67. The second kappa shape index (κ2) is 6.60. The van der Waals surface area contributed by atoms with Gasteiger partial charge in [0, 0.05) is 25.5 Å². The van der Waals surface area contributed by atoms with Gasteiger partial charge in [0.2, 0.25) is 5.91 Å². The van der Waals surface area contributed by atoms with Crippen LogP contribution in [0.4, 0.5) is 17.1 Å². The highest BCUT2D eigenvalue weighted by Gasteiger charge is 2.19. The Morgan fingerprint density at radius 1 is 1.17 bits per heavy atom. The van der Waals surface area contributed by atoms with E-state index in [-0.39, 0.29) is 5.91 Å². The van der Waals surface area contributed by atoms with Crippen molar-refractivity contribution in [2.24, 2.45) is 0 Å². The van der Waals surface area contributed by atoms with Crippen LogP contribution < -0.4 is 19.9 Å². The maximum absolute atomic E-state index is 12.3. The van der Waals surface area contributed by atoms with Crippen molar-refractivity contribution >= 4 is 23.0 Å². The zero-order valence-corrected chi connectivity index (χ0v) is 13.5. The van der Waals surface area contributed by atoms with Gasteiger partial charge in [0.1, 0.15) is 12.4 Å². The van der Waals surface area contributed by atoms with Gasteiger partial charge in [-0.2, -0.15) is 0 Å². The summed E-state index contributed by atoms with van der Waals surface area (Å²) in [7, 11) is 3.98. The van der Waals surface area contributed by atoms with E-state index in [2.05, 4.69) is 5.32 Å². The van der Waals surface area contributed by atoms with E-state index in [1.54, 1.807) is 0 Å². The molecular weight excluding hydrogens is 290 g/mol. The van der Waals surface area contributed by atoms with Crippen molar-refractivity contribution in [3.05, 3.63) is 48.5 Å². The van der Waals surface area contributed by atoms with Crippen LogP contribution in [0.15, 0.2) is 48.5 Å². The zero-order valence-electron chi connectivity index (χ0n) is 13.5. The third-order valence-corrected chi connectivity index (χ3v) is 3.83. The molecule has 0 aliphatic carbocycles. The molecule has 2 aromatic carbocycles. The maximum Gasteiger partial charge on any atom is 0.243 e. The largest absolute Gasteiger partial charge is 0.490 e. The molecule has 0 fully saturated rings. The minimum atomic E-state index is -0.0284. The minimum Gasteiger partial charge on any atom is -0.490 e. The fourth-order valence-corrected chi connectivity index (χ4v) is 2.61. The summed E-state index contributed by atoms with van der Waals surface area (Å²) in [4.78, 5) is 16.4. The van der Waals surface area contributed by atoms with E-state index in [4.69, 9.17) is 4.74 Å². The average Bonchev–Trinajstić information content (AvgIpc) is 2.55. The van der Waals surface area contributed by atoms with Crippen LogP contribution in [0.5, 0.6) is 5.75 Å². The number of benzene rings is 2. The molecule has 120 valence electrons. The van der Waals surface area contributed by atoms with Crippen LogP contribution in [-0.2, 0) is 4.79 Å². The highest BCUT2D eigenvalue weighted by atomic mass is 16.5. The van der Waals surface area contributed by atoms with Crippen molar-refractivity contribution in [3.8, 4) is 5.75 Å². The lowest BCUT2D eigenvalue weighted by atomic mass is 10.2. The Morgan fingerprint density at radius 3 is 2.65 bits per heavy atom. The molecule has 5 nitrogen and oxygen atoms in total. The molecule has 0 atom stereocenters. The highest BCUT2D eigenvalue weighted by molar-refractivity contribution is 5.94. The topological polar surface area (TPSA) is 44.8 Å². The van der Waals surface area contributed by atoms with Crippen molar-refractivity contribution in [2.45, 2.75) is 0 Å². The summed E-state index contributed by atoms with van der Waals surface area (Å²) in [5, 5.41) is 2.95. The number of para-hydroxylation sites is 2. The summed E-state index contributed by atoms with van der Waals surface area (Å²) in [6, 6.07) is 15.6. The molecule has 0 aromatic heterocycles. The predicted octanol–water partition coefficient (Wildman–Crippen LogP) is 2.59. The average molecular weight is 311 g/mol. The van der Waals surface area contributed by atoms with Crippen LogP contribution in [0.25, 0.3) is 0 Å². The predicted molar refractivity (Wildman–Crippen MR) is 93.5 cm³/mol. The first-order chi connectivity index (χ1) is 11.1. The molecular formula is C18H21N3O2. The summed E-state index contributed by atoms with van der Waals surface area (Å²) in [5.74, 6) is 0.807. The SMILES string of the molecule is CN(C)c1ccc(NC(=O)CN2CCOc3ccccc32)cc1. The molecule has 1 amide bonds. The van der Waals surface area contributed by atoms with Gasteiger partial charge in [-0.15, -0.1) is 0 Å². The van der Waals surface area contributed by atoms with Crippen LogP contribution in [0, 0.1) is 0 Å². The fourth-order valence-electron chi connectivity index (χ4n) is 2.61. The lowest BCUT2D eigenvalue weighted by Gasteiger charge is -2.30. The Kier molecular flexibility index (Phi) is 4.37. The molecule has 0 radical (unpaired) electrons. The molecule has 0 saturated heterocycles. The first-order valence-electron chi connectivity index (χ1n) is 7.67. The monoisotopic (exact) mass is 311 g/mol. The van der Waals surface area contributed by atoms with E-state index in [1.807, 2.05) is 72.4 Å². The third kappa shape index (κ3) is 3.56. The number of carbonyl (C=O) groups is 1. The third-order valence-electron chi connectivity index (χ3n) is 3.83. The molecule has 2 aromatic rings. The summed E-state index contributed by atoms with van der Waals surface area (Å²) in [6.45, 7) is 1.63. The number of hydrogen-bond donors (Lipinski definition) is 1. The van der Waals surface area contributed by atoms with E-state index in [0.717, 1.165) is 22.8 Å². The first kappa shape index (κ1) is 15.2. The van der Waals surface area contributed by atoms with E-state index in [1.165, 1.54) is 0 Å². The van der Waals surface area contributed by atoms with Gasteiger partial charge in [-0.1, -0.05) is 12.1 Å². The van der Waals surface area contributed by atoms with Crippen LogP contribution in [0.3, 0.4) is 0 Å². The lowest BCUT2D eigenvalue weighted by Crippen LogP contribution is -2.38. The van der Waals surface area contributed by atoms with Gasteiger partial charge in [0.05, 0.1) is 18.8 Å². The van der Waals surface area contributed by atoms with Gasteiger partial charge in [-0.05, 0) is 36.4 Å². The van der Waals surface area contributed by atoms with E-state index in [0.29, 0.717) is 19.7 Å². The van der Waals surface area contributed by atoms with Crippen molar-refractivity contribution in [1.29, 1.82) is 0 Å². The highest BCUT2D eigenvalue weighted by Crippen LogP contribution is 2.30. The lowest BCUT2D eigenvalue weighted by molar-refractivity contribution is -0.115. The van der Waals surface area contributed by atoms with Crippen molar-refractivity contribution in [1.82, 2.24) is 0 Å². The number of ether oxygens (including phenoxy) is 1. The molecule has 0 spiro atoms. The summed E-state index contributed by atoms with van der Waals surface area (Å²) in [5.41, 5.74) is 2.88. The van der Waals surface area contributed by atoms with Crippen molar-refractivity contribution in [2.75, 3.05) is 48.9 Å². The Labute approximate surface area is 136 Å². The van der Waals surface area contributed by atoms with Crippen LogP contribution in [0.1, 0.15) is 0 Å². The van der Waals surface area contributed by atoms with Crippen LogP contribution in [0.2, 0.25) is 0 Å². The number of nitrogens with zero attached hydrogens (tertiary/aromatic N) is 2. The Balaban J connectivity index is 1.64. The maximum atomic E-state index is 12.3. The van der Waals surface area contributed by atoms with Crippen LogP contribution in [-0.4, -0.2) is 39.7 Å². The smallest absolute Gasteiger partial charge is 0.243 e. The quantitative estimate of drug-likeness (QED) is 0.942. The second-order valence-electron chi connectivity index (χ2n) is 5.73. The number of fused-ring (bicyclic) bond motifs is 1. The fraction of sp³-hybridized carbons (Fsp3) is 0.278. The van der Waals surface area contributed by atoms with E-state index < -0.39 is 0 Å². The molecule has 1 heterocycles. The van der Waals surface area contributed by atoms with Gasteiger partial charge in [-0.25, -0.2) is 0 Å². The van der Waals surface area contributed by atoms with Crippen LogP contribution >= 0.6 is 0 Å². The Bertz CT molecular complexity index is 683. The Morgan fingerprint density at radius 2 is 1.91 bits per heavy atom.